The predicted octanol–water partition coefficient (Wildman–Crippen LogP) is 0.177. The van der Waals surface area contributed by atoms with Gasteiger partial charge in [0.15, 0.2) is 0 Å². The Morgan fingerprint density at radius 1 is 1.82 bits per heavy atom. The lowest BCUT2D eigenvalue weighted by molar-refractivity contribution is 0.652. The van der Waals surface area contributed by atoms with Crippen LogP contribution in [-0.4, -0.2) is 21.5 Å². The maximum atomic E-state index is 5.40. The maximum absolute atomic E-state index is 5.40. The first-order valence-corrected chi connectivity index (χ1v) is 3.46. The lowest BCUT2D eigenvalue weighted by Crippen LogP contribution is -1.99. The van der Waals surface area contributed by atoms with Crippen LogP contribution in [0.15, 0.2) is 11.8 Å². The van der Waals surface area contributed by atoms with Gasteiger partial charge in [0.1, 0.15) is 5.69 Å². The fourth-order valence-electron chi connectivity index (χ4n) is 0.739. The molecule has 11 heavy (non-hydrogen) atoms. The molecule has 0 bridgehead atoms. The van der Waals surface area contributed by atoms with Crippen molar-refractivity contribution in [1.29, 1.82) is 0 Å². The van der Waals surface area contributed by atoms with E-state index in [0.29, 0.717) is 6.54 Å². The molecular weight excluding hydrogens is 140 g/mol. The Morgan fingerprint density at radius 2 is 2.55 bits per heavy atom. The Morgan fingerprint density at radius 3 is 3.00 bits per heavy atom. The fraction of sp³-hybridized carbons (Fsp3) is 0.429. The summed E-state index contributed by atoms with van der Waals surface area (Å²) >= 11 is 0. The largest absolute Gasteiger partial charge is 0.327 e. The summed E-state index contributed by atoms with van der Waals surface area (Å²) in [7, 11) is 1.79. The first kappa shape index (κ1) is 7.94. The predicted molar refractivity (Wildman–Crippen MR) is 43.7 cm³/mol. The molecule has 0 spiro atoms. The van der Waals surface area contributed by atoms with E-state index in [4.69, 9.17) is 5.73 Å². The Balaban J connectivity index is 2.78. The number of aromatic nitrogens is 3. The molecule has 0 fully saturated rings. The number of rotatable bonds is 2. The van der Waals surface area contributed by atoms with Crippen molar-refractivity contribution >= 4 is 6.08 Å². The van der Waals surface area contributed by atoms with Crippen molar-refractivity contribution in [2.45, 2.75) is 6.92 Å². The third-order valence-electron chi connectivity index (χ3n) is 1.33. The van der Waals surface area contributed by atoms with E-state index in [9.17, 15) is 0 Å². The molecule has 0 aliphatic rings. The third kappa shape index (κ3) is 2.16. The Hall–Kier alpha value is -1.16. The quantitative estimate of drug-likeness (QED) is 0.657. The van der Waals surface area contributed by atoms with Crippen molar-refractivity contribution in [1.82, 2.24) is 15.0 Å². The molecule has 60 valence electrons. The molecule has 0 atom stereocenters. The lowest BCUT2D eigenvalue weighted by Gasteiger charge is -1.90. The van der Waals surface area contributed by atoms with Crippen LogP contribution >= 0.6 is 0 Å². The number of aryl methyl sites for hydroxylation is 1. The maximum Gasteiger partial charge on any atom is 0.105 e. The second-order valence-electron chi connectivity index (χ2n) is 2.45. The van der Waals surface area contributed by atoms with Gasteiger partial charge in [-0.15, -0.1) is 0 Å². The zero-order valence-corrected chi connectivity index (χ0v) is 6.78. The minimum atomic E-state index is 0.566. The van der Waals surface area contributed by atoms with Crippen molar-refractivity contribution in [2.24, 2.45) is 12.8 Å². The molecule has 4 heteroatoms. The van der Waals surface area contributed by atoms with Crippen LogP contribution in [0.25, 0.3) is 6.08 Å². The first-order valence-electron chi connectivity index (χ1n) is 3.46. The van der Waals surface area contributed by atoms with E-state index in [2.05, 4.69) is 10.2 Å². The summed E-state index contributed by atoms with van der Waals surface area (Å²) in [5.41, 5.74) is 7.36. The van der Waals surface area contributed by atoms with E-state index in [1.165, 1.54) is 4.80 Å². The highest BCUT2D eigenvalue weighted by Gasteiger charge is 1.92. The molecule has 0 aromatic carbocycles. The Bertz CT molecular complexity index is 261. The van der Waals surface area contributed by atoms with Gasteiger partial charge in [-0.05, 0) is 13.0 Å². The molecule has 0 saturated carbocycles. The van der Waals surface area contributed by atoms with Crippen LogP contribution in [0.4, 0.5) is 0 Å². The van der Waals surface area contributed by atoms with Gasteiger partial charge in [0.25, 0.3) is 0 Å². The number of nitrogens with zero attached hydrogens (tertiary/aromatic N) is 3. The van der Waals surface area contributed by atoms with Crippen LogP contribution in [0.2, 0.25) is 0 Å². The van der Waals surface area contributed by atoms with Crippen LogP contribution < -0.4 is 5.73 Å². The van der Waals surface area contributed by atoms with E-state index in [1.54, 1.807) is 13.2 Å². The van der Waals surface area contributed by atoms with Crippen molar-refractivity contribution < 1.29 is 0 Å². The first-order chi connectivity index (χ1) is 5.22. The Labute approximate surface area is 65.7 Å². The van der Waals surface area contributed by atoms with Crippen molar-refractivity contribution in [3.63, 3.8) is 0 Å². The molecule has 2 N–H and O–H groups in total. The molecule has 0 aliphatic heterocycles. The zero-order valence-electron chi connectivity index (χ0n) is 6.78. The van der Waals surface area contributed by atoms with E-state index >= 15 is 0 Å². The van der Waals surface area contributed by atoms with Gasteiger partial charge in [-0.1, -0.05) is 5.57 Å². The van der Waals surface area contributed by atoms with Gasteiger partial charge in [0, 0.05) is 13.6 Å². The van der Waals surface area contributed by atoms with Gasteiger partial charge in [-0.3, -0.25) is 0 Å². The van der Waals surface area contributed by atoms with Gasteiger partial charge >= 0.3 is 0 Å². The molecule has 0 aliphatic carbocycles. The number of hydrogen-bond acceptors (Lipinski definition) is 3. The molecule has 1 heterocycles. The van der Waals surface area contributed by atoms with Crippen LogP contribution in [-0.2, 0) is 7.05 Å². The summed E-state index contributed by atoms with van der Waals surface area (Å²) in [6.07, 6.45) is 3.63. The highest BCUT2D eigenvalue weighted by atomic mass is 15.4. The van der Waals surface area contributed by atoms with Gasteiger partial charge in [-0.25, -0.2) is 0 Å². The van der Waals surface area contributed by atoms with Crippen LogP contribution in [0.3, 0.4) is 0 Å². The minimum absolute atomic E-state index is 0.566. The smallest absolute Gasteiger partial charge is 0.105 e. The average molecular weight is 152 g/mol. The van der Waals surface area contributed by atoms with Gasteiger partial charge < -0.3 is 5.73 Å². The Kier molecular flexibility index (Phi) is 2.38. The summed E-state index contributed by atoms with van der Waals surface area (Å²) in [5.74, 6) is 0. The van der Waals surface area contributed by atoms with Gasteiger partial charge in [0.05, 0.1) is 6.20 Å². The average Bonchev–Trinajstić information content (AvgIpc) is 2.35. The van der Waals surface area contributed by atoms with Crippen molar-refractivity contribution in [3.8, 4) is 0 Å². The fourth-order valence-corrected chi connectivity index (χ4v) is 0.739. The topological polar surface area (TPSA) is 56.7 Å². The van der Waals surface area contributed by atoms with Crippen LogP contribution in [0, 0.1) is 0 Å². The molecule has 0 unspecified atom stereocenters. The zero-order chi connectivity index (χ0) is 8.27. The van der Waals surface area contributed by atoms with Gasteiger partial charge in [0.2, 0.25) is 0 Å². The molecule has 0 saturated heterocycles. The van der Waals surface area contributed by atoms with Crippen LogP contribution in [0.5, 0.6) is 0 Å². The highest BCUT2D eigenvalue weighted by Crippen LogP contribution is 1.99. The molecular formula is C7H12N4. The summed E-state index contributed by atoms with van der Waals surface area (Å²) in [6.45, 7) is 2.53. The van der Waals surface area contributed by atoms with E-state index in [0.717, 1.165) is 11.3 Å². The van der Waals surface area contributed by atoms with E-state index in [1.807, 2.05) is 13.0 Å². The minimum Gasteiger partial charge on any atom is -0.327 e. The van der Waals surface area contributed by atoms with Gasteiger partial charge in [-0.2, -0.15) is 15.0 Å². The van der Waals surface area contributed by atoms with E-state index in [-0.39, 0.29) is 0 Å². The van der Waals surface area contributed by atoms with Crippen molar-refractivity contribution in [3.05, 3.63) is 17.5 Å². The highest BCUT2D eigenvalue weighted by molar-refractivity contribution is 5.46. The second-order valence-corrected chi connectivity index (χ2v) is 2.45. The molecule has 1 aromatic heterocycles. The summed E-state index contributed by atoms with van der Waals surface area (Å²) in [5, 5.41) is 8.00. The molecule has 0 amide bonds. The molecule has 1 rings (SSSR count). The monoisotopic (exact) mass is 152 g/mol. The number of hydrogen-bond donors (Lipinski definition) is 1. The summed E-state index contributed by atoms with van der Waals surface area (Å²) in [4.78, 5) is 1.52. The van der Waals surface area contributed by atoms with Crippen molar-refractivity contribution in [2.75, 3.05) is 6.54 Å². The summed E-state index contributed by atoms with van der Waals surface area (Å²) in [6, 6.07) is 0. The standard InChI is InChI=1S/C7H12N4/c1-6(4-8)3-7-5-9-11(2)10-7/h3,5H,4,8H2,1-2H3/b6-3+. The second kappa shape index (κ2) is 3.30. The summed E-state index contributed by atoms with van der Waals surface area (Å²) < 4.78 is 0. The normalized spacial score (nSPS) is 12.1. The lowest BCUT2D eigenvalue weighted by atomic mass is 10.2. The molecule has 4 nitrogen and oxygen atoms in total. The molecule has 0 radical (unpaired) electrons. The van der Waals surface area contributed by atoms with Crippen LogP contribution in [0.1, 0.15) is 12.6 Å². The third-order valence-corrected chi connectivity index (χ3v) is 1.33. The number of nitrogens with two attached hydrogens (primary N) is 1. The molecule has 1 aromatic rings. The SMILES string of the molecule is C/C(=C\c1cnn(C)n1)CN. The van der Waals surface area contributed by atoms with E-state index < -0.39 is 0 Å².